The number of morpholine rings is 1. The number of pyridine rings is 1. The Balaban J connectivity index is 1.07. The van der Waals surface area contributed by atoms with Crippen molar-refractivity contribution in [3.63, 3.8) is 0 Å². The number of ether oxygens (including phenoxy) is 6. The van der Waals surface area contributed by atoms with Gasteiger partial charge in [0.15, 0.2) is 0 Å². The molecule has 0 radical (unpaired) electrons. The molecule has 18 heteroatoms. The van der Waals surface area contributed by atoms with Crippen LogP contribution in [0.3, 0.4) is 0 Å². The fourth-order valence-corrected chi connectivity index (χ4v) is 9.41. The van der Waals surface area contributed by atoms with Gasteiger partial charge in [0, 0.05) is 49.9 Å². The van der Waals surface area contributed by atoms with Gasteiger partial charge < -0.3 is 48.9 Å². The van der Waals surface area contributed by atoms with Gasteiger partial charge in [0.2, 0.25) is 17.7 Å². The molecule has 5 fully saturated rings. The number of H-pyrrole nitrogens is 1. The SMILES string of the molecule is CC[C@@H]1C[C@]1(NC(=O)[C@@H]1C[C@@H](Oc2cc(Oc3ncc[nH]3)nc3c(Cl)c(OCCN4CCOCC4)ccc23)CN1C(=O)[C@@H](NC(=O)O[C@@H]1C[C@@H]2C[C@@H]2C1)C(C)(C)C)C(=O)OC. The van der Waals surface area contributed by atoms with E-state index in [1.807, 2.05) is 27.7 Å². The van der Waals surface area contributed by atoms with E-state index >= 15 is 0 Å². The monoisotopic (exact) mass is 865 g/mol. The number of nitrogens with one attached hydrogen (secondary N) is 3. The van der Waals surface area contributed by atoms with Crippen molar-refractivity contribution >= 4 is 46.4 Å². The molecule has 61 heavy (non-hydrogen) atoms. The lowest BCUT2D eigenvalue weighted by molar-refractivity contribution is -0.148. The van der Waals surface area contributed by atoms with Crippen molar-refractivity contribution in [1.82, 2.24) is 35.4 Å². The van der Waals surface area contributed by atoms with Gasteiger partial charge in [0.25, 0.3) is 6.01 Å². The van der Waals surface area contributed by atoms with E-state index in [0.717, 1.165) is 25.9 Å². The fraction of sp³-hybridized carbons (Fsp3) is 0.628. The van der Waals surface area contributed by atoms with E-state index in [1.165, 1.54) is 18.4 Å². The molecule has 3 amide bonds. The number of rotatable bonds is 15. The van der Waals surface area contributed by atoms with E-state index in [0.29, 0.717) is 73.4 Å². The molecule has 0 spiro atoms. The highest BCUT2D eigenvalue weighted by Crippen LogP contribution is 2.52. The summed E-state index contributed by atoms with van der Waals surface area (Å²) in [6.45, 7) is 11.5. The zero-order chi connectivity index (χ0) is 43.1. The molecule has 3 aromatic rings. The van der Waals surface area contributed by atoms with Crippen LogP contribution in [0.25, 0.3) is 10.9 Å². The van der Waals surface area contributed by atoms with Gasteiger partial charge in [-0.25, -0.2) is 19.6 Å². The van der Waals surface area contributed by atoms with Gasteiger partial charge in [-0.1, -0.05) is 45.7 Å². The largest absolute Gasteiger partial charge is 0.491 e. The van der Waals surface area contributed by atoms with Crippen LogP contribution in [0.15, 0.2) is 30.6 Å². The standard InChI is InChI=1S/C43H56ClN7O10/c1-6-26-22-43(26,39(54)56-5)49-37(52)30-20-28(23-51(30)38(53)36(42(2,3)4)48-41(55)60-27-18-24-17-25(24)19-27)59-32-21-33(61-40-45-9-10-46-40)47-35-29(32)7-8-31(34(35)44)58-16-13-50-11-14-57-15-12-50/h7-10,21,24-28,30,36H,6,11-20,22-23H2,1-5H3,(H,45,46)(H,48,55)(H,49,52)/t24-,25+,26-,27+,28-,30+,36-,43-/m1/s1. The van der Waals surface area contributed by atoms with E-state index in [9.17, 15) is 19.2 Å². The molecule has 1 aromatic carbocycles. The molecule has 3 aliphatic carbocycles. The van der Waals surface area contributed by atoms with Gasteiger partial charge in [-0.05, 0) is 61.0 Å². The number of aromatic amines is 1. The quantitative estimate of drug-likeness (QED) is 0.176. The third-order valence-electron chi connectivity index (χ3n) is 12.8. The van der Waals surface area contributed by atoms with Crippen molar-refractivity contribution in [2.45, 2.75) is 96.1 Å². The Labute approximate surface area is 359 Å². The maximum absolute atomic E-state index is 14.8. The van der Waals surface area contributed by atoms with Gasteiger partial charge in [-0.15, -0.1) is 0 Å². The molecule has 2 aliphatic heterocycles. The molecule has 4 heterocycles. The van der Waals surface area contributed by atoms with Crippen molar-refractivity contribution in [3.8, 4) is 23.4 Å². The number of hydrogen-bond donors (Lipinski definition) is 3. The van der Waals surface area contributed by atoms with Crippen LogP contribution in [0, 0.1) is 23.2 Å². The molecule has 3 saturated carbocycles. The van der Waals surface area contributed by atoms with Crippen LogP contribution in [0.5, 0.6) is 23.4 Å². The average Bonchev–Trinajstić information content (AvgIpc) is 3.86. The number of esters is 1. The summed E-state index contributed by atoms with van der Waals surface area (Å²) in [6.07, 6.45) is 5.52. The second-order valence-corrected chi connectivity index (χ2v) is 18.4. The number of nitrogens with zero attached hydrogens (tertiary/aromatic N) is 4. The molecule has 8 rings (SSSR count). The van der Waals surface area contributed by atoms with E-state index in [-0.39, 0.29) is 41.9 Å². The van der Waals surface area contributed by atoms with Crippen LogP contribution >= 0.6 is 11.6 Å². The second kappa shape index (κ2) is 17.5. The first-order valence-electron chi connectivity index (χ1n) is 21.3. The van der Waals surface area contributed by atoms with Gasteiger partial charge in [0.1, 0.15) is 58.5 Å². The third-order valence-corrected chi connectivity index (χ3v) is 13.1. The van der Waals surface area contributed by atoms with E-state index in [2.05, 4.69) is 25.5 Å². The van der Waals surface area contributed by atoms with Crippen molar-refractivity contribution in [3.05, 3.63) is 35.6 Å². The summed E-state index contributed by atoms with van der Waals surface area (Å²) in [4.78, 5) is 71.1. The summed E-state index contributed by atoms with van der Waals surface area (Å²) in [6, 6.07) is 3.22. The van der Waals surface area contributed by atoms with Gasteiger partial charge in [-0.3, -0.25) is 14.5 Å². The molecule has 8 atom stereocenters. The molecule has 5 aliphatic rings. The Kier molecular flexibility index (Phi) is 12.3. The molecular formula is C43H56ClN7O10. The topological polar surface area (TPSA) is 196 Å². The molecular weight excluding hydrogens is 810 g/mol. The summed E-state index contributed by atoms with van der Waals surface area (Å²) in [5.41, 5.74) is -1.62. The molecule has 2 aromatic heterocycles. The number of alkyl carbamates (subject to hydrolysis) is 1. The minimum atomic E-state index is -1.19. The Hall–Kier alpha value is -4.87. The number of imidazole rings is 1. The van der Waals surface area contributed by atoms with Gasteiger partial charge in [0.05, 0.1) is 26.9 Å². The molecule has 330 valence electrons. The smallest absolute Gasteiger partial charge is 0.408 e. The zero-order valence-electron chi connectivity index (χ0n) is 35.4. The van der Waals surface area contributed by atoms with Crippen molar-refractivity contribution in [2.75, 3.05) is 53.1 Å². The molecule has 17 nitrogen and oxygen atoms in total. The Morgan fingerprint density at radius 2 is 1.84 bits per heavy atom. The first kappa shape index (κ1) is 42.8. The maximum atomic E-state index is 14.8. The fourth-order valence-electron chi connectivity index (χ4n) is 9.15. The van der Waals surface area contributed by atoms with Crippen molar-refractivity contribution < 1.29 is 47.6 Å². The highest BCUT2D eigenvalue weighted by atomic mass is 35.5. The van der Waals surface area contributed by atoms with Crippen LogP contribution in [0.1, 0.15) is 66.2 Å². The van der Waals surface area contributed by atoms with Crippen LogP contribution < -0.4 is 24.8 Å². The summed E-state index contributed by atoms with van der Waals surface area (Å²) in [7, 11) is 1.29. The summed E-state index contributed by atoms with van der Waals surface area (Å²) in [5.74, 6) is 0.435. The number of benzene rings is 1. The van der Waals surface area contributed by atoms with Crippen LogP contribution in [-0.4, -0.2) is 132 Å². The lowest BCUT2D eigenvalue weighted by Gasteiger charge is -2.35. The number of fused-ring (bicyclic) bond motifs is 2. The highest BCUT2D eigenvalue weighted by molar-refractivity contribution is 6.36. The number of amides is 3. The number of halogens is 1. The number of hydrogen-bond acceptors (Lipinski definition) is 13. The number of carbonyl (C=O) groups excluding carboxylic acids is 4. The minimum absolute atomic E-state index is 0.0245. The van der Waals surface area contributed by atoms with Gasteiger partial charge in [-0.2, -0.15) is 0 Å². The number of methoxy groups -OCH3 is 1. The second-order valence-electron chi connectivity index (χ2n) is 18.0. The lowest BCUT2D eigenvalue weighted by atomic mass is 9.85. The average molecular weight is 866 g/mol. The van der Waals surface area contributed by atoms with Crippen LogP contribution in [-0.2, 0) is 28.6 Å². The summed E-state index contributed by atoms with van der Waals surface area (Å²) >= 11 is 7.00. The number of aromatic nitrogens is 3. The third kappa shape index (κ3) is 9.33. The Morgan fingerprint density at radius 1 is 1.07 bits per heavy atom. The minimum Gasteiger partial charge on any atom is -0.491 e. The van der Waals surface area contributed by atoms with Crippen LogP contribution in [0.2, 0.25) is 5.02 Å². The summed E-state index contributed by atoms with van der Waals surface area (Å²) < 4.78 is 35.2. The van der Waals surface area contributed by atoms with Crippen molar-refractivity contribution in [2.24, 2.45) is 23.2 Å². The summed E-state index contributed by atoms with van der Waals surface area (Å²) in [5, 5.41) is 6.60. The van der Waals surface area contributed by atoms with Crippen LogP contribution in [0.4, 0.5) is 4.79 Å². The Morgan fingerprint density at radius 3 is 2.51 bits per heavy atom. The first-order chi connectivity index (χ1) is 29.3. The molecule has 2 saturated heterocycles. The normalized spacial score (nSPS) is 27.5. The van der Waals surface area contributed by atoms with Crippen molar-refractivity contribution in [1.29, 1.82) is 0 Å². The Bertz CT molecular complexity index is 2100. The lowest BCUT2D eigenvalue weighted by Crippen LogP contribution is -2.59. The first-order valence-corrected chi connectivity index (χ1v) is 21.7. The predicted octanol–water partition coefficient (Wildman–Crippen LogP) is 4.86. The van der Waals surface area contributed by atoms with E-state index < -0.39 is 53.0 Å². The zero-order valence-corrected chi connectivity index (χ0v) is 36.1. The van der Waals surface area contributed by atoms with Gasteiger partial charge >= 0.3 is 12.1 Å². The number of likely N-dealkylation sites (tertiary alicyclic amines) is 1. The van der Waals surface area contributed by atoms with E-state index in [4.69, 9.17) is 45.0 Å². The number of carbonyl (C=O) groups is 4. The van der Waals surface area contributed by atoms with E-state index in [1.54, 1.807) is 30.6 Å². The molecule has 3 N–H and O–H groups in total. The molecule has 0 bridgehead atoms. The maximum Gasteiger partial charge on any atom is 0.408 e. The molecule has 0 unspecified atom stereocenters. The highest BCUT2D eigenvalue weighted by Gasteiger charge is 2.62. The predicted molar refractivity (Wildman–Crippen MR) is 221 cm³/mol.